The second-order valence-corrected chi connectivity index (χ2v) is 3.61. The molecule has 2 nitrogen and oxygen atoms in total. The first kappa shape index (κ1) is 13.9. The van der Waals surface area contributed by atoms with Crippen molar-refractivity contribution in [1.82, 2.24) is 4.98 Å². The van der Waals surface area contributed by atoms with Gasteiger partial charge in [-0.3, -0.25) is 0 Å². The van der Waals surface area contributed by atoms with Crippen molar-refractivity contribution in [2.75, 3.05) is 6.54 Å². The van der Waals surface area contributed by atoms with E-state index in [4.69, 9.17) is 5.73 Å². The number of nitrogens with two attached hydrogens (primary N) is 1. The van der Waals surface area contributed by atoms with E-state index < -0.39 is 11.7 Å². The van der Waals surface area contributed by atoms with Crippen LogP contribution in [0.5, 0.6) is 0 Å². The molecule has 0 unspecified atom stereocenters. The normalized spacial score (nSPS) is 11.5. The summed E-state index contributed by atoms with van der Waals surface area (Å²) >= 11 is 0. The molecule has 6 heteroatoms. The number of hydrogen-bond donors (Lipinski definition) is 2. The van der Waals surface area contributed by atoms with Crippen LogP contribution in [0.4, 0.5) is 13.2 Å². The van der Waals surface area contributed by atoms with Gasteiger partial charge in [0, 0.05) is 17.1 Å². The van der Waals surface area contributed by atoms with E-state index >= 15 is 0 Å². The fourth-order valence-corrected chi connectivity index (χ4v) is 1.72. The Morgan fingerprint density at radius 3 is 2.53 bits per heavy atom. The molecule has 1 heterocycles. The number of aromatic amines is 1. The van der Waals surface area contributed by atoms with E-state index in [1.54, 1.807) is 6.20 Å². The zero-order chi connectivity index (χ0) is 11.8. The Balaban J connectivity index is 0.00000144. The Labute approximate surface area is 102 Å². The molecule has 0 radical (unpaired) electrons. The standard InChI is InChI=1S/C11H11F3N2.ClH/c12-11(13,14)8-1-2-10-9(5-8)7(3-4-15)6-16-10;/h1-2,5-6,16H,3-4,15H2;1H. The Bertz CT molecular complexity index is 505. The maximum Gasteiger partial charge on any atom is 0.416 e. The molecule has 0 aliphatic carbocycles. The van der Waals surface area contributed by atoms with Gasteiger partial charge in [-0.25, -0.2) is 0 Å². The number of fused-ring (bicyclic) bond motifs is 1. The quantitative estimate of drug-likeness (QED) is 0.860. The van der Waals surface area contributed by atoms with Crippen LogP contribution < -0.4 is 5.73 Å². The summed E-state index contributed by atoms with van der Waals surface area (Å²) in [6, 6.07) is 3.68. The van der Waals surface area contributed by atoms with E-state index in [1.165, 1.54) is 6.07 Å². The highest BCUT2D eigenvalue weighted by Gasteiger charge is 2.30. The summed E-state index contributed by atoms with van der Waals surface area (Å²) in [7, 11) is 0. The minimum Gasteiger partial charge on any atom is -0.361 e. The maximum atomic E-state index is 12.5. The molecule has 0 spiro atoms. The molecule has 3 N–H and O–H groups in total. The highest BCUT2D eigenvalue weighted by atomic mass is 35.5. The summed E-state index contributed by atoms with van der Waals surface area (Å²) in [5, 5.41) is 0.597. The highest BCUT2D eigenvalue weighted by molar-refractivity contribution is 5.85. The lowest BCUT2D eigenvalue weighted by molar-refractivity contribution is -0.137. The van der Waals surface area contributed by atoms with Crippen molar-refractivity contribution < 1.29 is 13.2 Å². The van der Waals surface area contributed by atoms with Crippen LogP contribution in [0.25, 0.3) is 10.9 Å². The summed E-state index contributed by atoms with van der Waals surface area (Å²) < 4.78 is 37.5. The summed E-state index contributed by atoms with van der Waals surface area (Å²) in [6.07, 6.45) is -2.02. The average molecular weight is 265 g/mol. The Kier molecular flexibility index (Phi) is 4.06. The SMILES string of the molecule is Cl.NCCc1c[nH]c2ccc(C(F)(F)F)cc12. The van der Waals surface area contributed by atoms with Crippen molar-refractivity contribution in [3.8, 4) is 0 Å². The molecule has 0 aliphatic heterocycles. The fraction of sp³-hybridized carbons (Fsp3) is 0.273. The number of aromatic nitrogens is 1. The van der Waals surface area contributed by atoms with Gasteiger partial charge in [0.15, 0.2) is 0 Å². The highest BCUT2D eigenvalue weighted by Crippen LogP contribution is 2.32. The van der Waals surface area contributed by atoms with Crippen LogP contribution in [0.15, 0.2) is 24.4 Å². The summed E-state index contributed by atoms with van der Waals surface area (Å²) in [5.74, 6) is 0. The van der Waals surface area contributed by atoms with Crippen LogP contribution in [0.1, 0.15) is 11.1 Å². The second kappa shape index (κ2) is 4.98. The number of rotatable bonds is 2. The molecule has 0 amide bonds. The van der Waals surface area contributed by atoms with E-state index in [2.05, 4.69) is 4.98 Å². The van der Waals surface area contributed by atoms with Crippen molar-refractivity contribution >= 4 is 23.3 Å². The third-order valence-electron chi connectivity index (χ3n) is 2.51. The molecular weight excluding hydrogens is 253 g/mol. The summed E-state index contributed by atoms with van der Waals surface area (Å²) in [6.45, 7) is 0.420. The lowest BCUT2D eigenvalue weighted by Crippen LogP contribution is -2.05. The first-order valence-electron chi connectivity index (χ1n) is 4.89. The Morgan fingerprint density at radius 2 is 1.94 bits per heavy atom. The number of halogens is 4. The van der Waals surface area contributed by atoms with Gasteiger partial charge in [0.05, 0.1) is 5.56 Å². The molecule has 0 saturated carbocycles. The molecule has 0 atom stereocenters. The summed E-state index contributed by atoms with van der Waals surface area (Å²) in [4.78, 5) is 2.93. The van der Waals surface area contributed by atoms with Crippen LogP contribution in [0, 0.1) is 0 Å². The molecule has 2 aromatic rings. The average Bonchev–Trinajstić information content (AvgIpc) is 2.60. The fourth-order valence-electron chi connectivity index (χ4n) is 1.72. The zero-order valence-electron chi connectivity index (χ0n) is 8.84. The van der Waals surface area contributed by atoms with Crippen LogP contribution in [-0.2, 0) is 12.6 Å². The van der Waals surface area contributed by atoms with Gasteiger partial charge >= 0.3 is 6.18 Å². The van der Waals surface area contributed by atoms with Gasteiger partial charge in [-0.2, -0.15) is 13.2 Å². The largest absolute Gasteiger partial charge is 0.416 e. The van der Waals surface area contributed by atoms with Gasteiger partial charge in [0.25, 0.3) is 0 Å². The van der Waals surface area contributed by atoms with Gasteiger partial charge in [-0.15, -0.1) is 12.4 Å². The van der Waals surface area contributed by atoms with Crippen LogP contribution >= 0.6 is 12.4 Å². The van der Waals surface area contributed by atoms with Gasteiger partial charge in [-0.1, -0.05) is 0 Å². The molecule has 17 heavy (non-hydrogen) atoms. The maximum absolute atomic E-state index is 12.5. The lowest BCUT2D eigenvalue weighted by atomic mass is 10.1. The number of H-pyrrole nitrogens is 1. The topological polar surface area (TPSA) is 41.8 Å². The van der Waals surface area contributed by atoms with Crippen molar-refractivity contribution in [3.05, 3.63) is 35.5 Å². The predicted octanol–water partition coefficient (Wildman–Crippen LogP) is 3.11. The van der Waals surface area contributed by atoms with Crippen molar-refractivity contribution in [2.45, 2.75) is 12.6 Å². The first-order chi connectivity index (χ1) is 7.52. The molecule has 1 aromatic carbocycles. The van der Waals surface area contributed by atoms with E-state index in [9.17, 15) is 13.2 Å². The number of alkyl halides is 3. The lowest BCUT2D eigenvalue weighted by Gasteiger charge is -2.06. The molecule has 94 valence electrons. The Hall–Kier alpha value is -1.20. The molecular formula is C11H12ClF3N2. The van der Waals surface area contributed by atoms with Crippen molar-refractivity contribution in [3.63, 3.8) is 0 Å². The third-order valence-corrected chi connectivity index (χ3v) is 2.51. The van der Waals surface area contributed by atoms with Crippen LogP contribution in [0.2, 0.25) is 0 Å². The molecule has 0 bridgehead atoms. The third kappa shape index (κ3) is 2.73. The minimum absolute atomic E-state index is 0. The number of hydrogen-bond acceptors (Lipinski definition) is 1. The monoisotopic (exact) mass is 264 g/mol. The van der Waals surface area contributed by atoms with Crippen LogP contribution in [0.3, 0.4) is 0 Å². The summed E-state index contributed by atoms with van der Waals surface area (Å²) in [5.41, 5.74) is 6.30. The first-order valence-corrected chi connectivity index (χ1v) is 4.89. The van der Waals surface area contributed by atoms with Crippen molar-refractivity contribution in [2.24, 2.45) is 5.73 Å². The van der Waals surface area contributed by atoms with E-state index in [-0.39, 0.29) is 12.4 Å². The van der Waals surface area contributed by atoms with E-state index in [0.29, 0.717) is 23.9 Å². The molecule has 1 aromatic heterocycles. The van der Waals surface area contributed by atoms with Crippen molar-refractivity contribution in [1.29, 1.82) is 0 Å². The number of benzene rings is 1. The second-order valence-electron chi connectivity index (χ2n) is 3.61. The minimum atomic E-state index is -4.30. The smallest absolute Gasteiger partial charge is 0.361 e. The van der Waals surface area contributed by atoms with E-state index in [1.807, 2.05) is 0 Å². The molecule has 2 rings (SSSR count). The van der Waals surface area contributed by atoms with Gasteiger partial charge in [0.1, 0.15) is 0 Å². The molecule has 0 fully saturated rings. The molecule has 0 aliphatic rings. The number of nitrogens with one attached hydrogen (secondary N) is 1. The van der Waals surface area contributed by atoms with Gasteiger partial charge in [0.2, 0.25) is 0 Å². The van der Waals surface area contributed by atoms with Gasteiger partial charge in [-0.05, 0) is 36.7 Å². The molecule has 0 saturated heterocycles. The van der Waals surface area contributed by atoms with Gasteiger partial charge < -0.3 is 10.7 Å². The zero-order valence-corrected chi connectivity index (χ0v) is 9.66. The Morgan fingerprint density at radius 1 is 1.24 bits per heavy atom. The van der Waals surface area contributed by atoms with E-state index in [0.717, 1.165) is 17.7 Å². The predicted molar refractivity (Wildman–Crippen MR) is 63.3 cm³/mol. The van der Waals surface area contributed by atoms with Crippen LogP contribution in [-0.4, -0.2) is 11.5 Å².